The molecule has 0 aromatic carbocycles. The monoisotopic (exact) mass is 427 g/mol. The molecule has 3 atom stereocenters. The molecule has 3 N–H and O–H groups in total. The maximum absolute atomic E-state index is 11.8. The lowest BCUT2D eigenvalue weighted by Crippen LogP contribution is -2.29. The first-order valence-corrected chi connectivity index (χ1v) is 10.8. The van der Waals surface area contributed by atoms with Gasteiger partial charge >= 0.3 is 19.8 Å². The molecule has 0 bridgehead atoms. The predicted molar refractivity (Wildman–Crippen MR) is 99.0 cm³/mol. The number of unbranched alkanes of at least 4 members (excludes halogenated alkanes) is 3. The van der Waals surface area contributed by atoms with Crippen LogP contribution in [0.5, 0.6) is 0 Å². The van der Waals surface area contributed by atoms with E-state index in [0.717, 1.165) is 12.8 Å². The minimum atomic E-state index is -4.56. The molecule has 0 aliphatic rings. The minimum absolute atomic E-state index is 0.105. The maximum atomic E-state index is 11.8. The summed E-state index contributed by atoms with van der Waals surface area (Å²) in [7, 11) is -4.56. The Labute approximate surface area is 165 Å². The fraction of sp³-hybridized carbons (Fsp3) is 0.824. The van der Waals surface area contributed by atoms with Crippen molar-refractivity contribution in [2.24, 2.45) is 0 Å². The van der Waals surface area contributed by atoms with Gasteiger partial charge in [0, 0.05) is 12.8 Å². The van der Waals surface area contributed by atoms with Crippen LogP contribution in [0.1, 0.15) is 52.4 Å². The Hall–Kier alpha value is -1.03. The van der Waals surface area contributed by atoms with Crippen LogP contribution in [0.15, 0.2) is 0 Å². The number of carbonyl (C=O) groups excluding carboxylic acids is 2. The van der Waals surface area contributed by atoms with Crippen molar-refractivity contribution in [3.05, 3.63) is 6.42 Å². The zero-order valence-corrected chi connectivity index (χ0v) is 17.3. The van der Waals surface area contributed by atoms with E-state index in [9.17, 15) is 19.0 Å². The van der Waals surface area contributed by atoms with Crippen LogP contribution in [0.4, 0.5) is 0 Å². The van der Waals surface area contributed by atoms with Gasteiger partial charge < -0.3 is 31.0 Å². The molecule has 1 unspecified atom stereocenters. The topological polar surface area (TPSA) is 149 Å². The lowest BCUT2D eigenvalue weighted by Gasteiger charge is -2.20. The largest absolute Gasteiger partial charge is 0.472 e. The number of rotatable bonds is 17. The molecule has 0 spiro atoms. The Morgan fingerprint density at radius 3 is 2.36 bits per heavy atom. The molecule has 0 aromatic heterocycles. The Morgan fingerprint density at radius 1 is 1.07 bits per heavy atom. The van der Waals surface area contributed by atoms with Crippen molar-refractivity contribution >= 4 is 19.8 Å². The lowest BCUT2D eigenvalue weighted by molar-refractivity contribution is -0.161. The summed E-state index contributed by atoms with van der Waals surface area (Å²) in [5, 5.41) is 17.8. The van der Waals surface area contributed by atoms with Gasteiger partial charge in [-0.05, 0) is 6.42 Å². The van der Waals surface area contributed by atoms with Crippen LogP contribution >= 0.6 is 7.82 Å². The first-order chi connectivity index (χ1) is 13.2. The number of aliphatic hydroxyl groups is 2. The summed E-state index contributed by atoms with van der Waals surface area (Å²) in [6.45, 7) is 1.64. The normalized spacial score (nSPS) is 15.5. The third-order valence-electron chi connectivity index (χ3n) is 3.41. The van der Waals surface area contributed by atoms with Crippen LogP contribution in [0.3, 0.4) is 0 Å². The van der Waals surface area contributed by atoms with Gasteiger partial charge in [-0.3, -0.25) is 18.6 Å². The molecule has 166 valence electrons. The summed E-state index contributed by atoms with van der Waals surface area (Å²) in [5.41, 5.74) is 0. The molecule has 0 rings (SSSR count). The van der Waals surface area contributed by atoms with E-state index in [1.54, 1.807) is 13.3 Å². The molecule has 0 fully saturated rings. The maximum Gasteiger partial charge on any atom is 0.472 e. The first-order valence-electron chi connectivity index (χ1n) is 9.27. The Bertz CT molecular complexity index is 485. The Morgan fingerprint density at radius 2 is 1.75 bits per heavy atom. The van der Waals surface area contributed by atoms with Crippen LogP contribution in [-0.2, 0) is 32.7 Å². The summed E-state index contributed by atoms with van der Waals surface area (Å²) in [6.07, 6.45) is 2.68. The Kier molecular flexibility index (Phi) is 15.3. The summed E-state index contributed by atoms with van der Waals surface area (Å²) in [6, 6.07) is 0. The zero-order valence-electron chi connectivity index (χ0n) is 16.4. The number of phosphoric ester groups is 1. The number of carbonyl (C=O) groups is 2. The second kappa shape index (κ2) is 15.8. The van der Waals surface area contributed by atoms with E-state index in [1.165, 1.54) is 0 Å². The van der Waals surface area contributed by atoms with Crippen LogP contribution in [-0.4, -0.2) is 65.7 Å². The Balaban J connectivity index is 4.59. The molecule has 0 heterocycles. The molecule has 0 saturated carbocycles. The van der Waals surface area contributed by atoms with Crippen molar-refractivity contribution in [1.29, 1.82) is 0 Å². The number of ether oxygens (including phenoxy) is 2. The number of esters is 2. The highest BCUT2D eigenvalue weighted by molar-refractivity contribution is 7.47. The second-order valence-corrected chi connectivity index (χ2v) is 7.55. The molecule has 10 nitrogen and oxygen atoms in total. The summed E-state index contributed by atoms with van der Waals surface area (Å²) in [5.74, 6) is -1.04. The van der Waals surface area contributed by atoms with Crippen LogP contribution < -0.4 is 0 Å². The number of aliphatic hydroxyl groups excluding tert-OH is 2. The van der Waals surface area contributed by atoms with Gasteiger partial charge in [-0.2, -0.15) is 13.3 Å². The highest BCUT2D eigenvalue weighted by Gasteiger charge is 2.26. The molecule has 0 radical (unpaired) electrons. The smallest absolute Gasteiger partial charge is 0.462 e. The van der Waals surface area contributed by atoms with Crippen LogP contribution in [0.25, 0.3) is 0 Å². The van der Waals surface area contributed by atoms with Crippen LogP contribution in [0.2, 0.25) is 0 Å². The van der Waals surface area contributed by atoms with E-state index >= 15 is 0 Å². The average molecular weight is 427 g/mol. The highest BCUT2D eigenvalue weighted by atomic mass is 31.2. The summed E-state index contributed by atoms with van der Waals surface area (Å²) in [4.78, 5) is 33.1. The third-order valence-corrected chi connectivity index (χ3v) is 4.37. The number of hydrogen-bond donors (Lipinski definition) is 3. The van der Waals surface area contributed by atoms with Crippen molar-refractivity contribution in [1.82, 2.24) is 0 Å². The van der Waals surface area contributed by atoms with Crippen molar-refractivity contribution in [3.63, 3.8) is 0 Å². The van der Waals surface area contributed by atoms with Crippen LogP contribution in [0, 0.1) is 6.42 Å². The lowest BCUT2D eigenvalue weighted by atomic mass is 10.2. The van der Waals surface area contributed by atoms with Gasteiger partial charge in [0.05, 0.1) is 19.8 Å². The van der Waals surface area contributed by atoms with E-state index in [4.69, 9.17) is 24.2 Å². The molecule has 0 aliphatic heterocycles. The second-order valence-electron chi connectivity index (χ2n) is 6.10. The van der Waals surface area contributed by atoms with Gasteiger partial charge in [0.25, 0.3) is 0 Å². The molecule has 11 heteroatoms. The molecule has 28 heavy (non-hydrogen) atoms. The molecule has 0 aliphatic carbocycles. The molecule has 0 aromatic rings. The SMILES string of the molecule is C[CH-]CCC(=O)O[C@H](COC(=O)CCCCC)COP(=O)(O)OC[C@@H](O)CO. The highest BCUT2D eigenvalue weighted by Crippen LogP contribution is 2.43. The summed E-state index contributed by atoms with van der Waals surface area (Å²) >= 11 is 0. The minimum Gasteiger partial charge on any atom is -0.462 e. The van der Waals surface area contributed by atoms with Crippen molar-refractivity contribution in [3.8, 4) is 0 Å². The van der Waals surface area contributed by atoms with Crippen molar-refractivity contribution < 1.29 is 47.8 Å². The molecule has 0 saturated heterocycles. The van der Waals surface area contributed by atoms with Crippen molar-refractivity contribution in [2.45, 2.75) is 64.6 Å². The predicted octanol–water partition coefficient (Wildman–Crippen LogP) is 1.51. The zero-order chi connectivity index (χ0) is 21.4. The quantitative estimate of drug-likeness (QED) is 0.135. The van der Waals surface area contributed by atoms with Gasteiger partial charge in [-0.1, -0.05) is 19.8 Å². The van der Waals surface area contributed by atoms with Gasteiger partial charge in [0.1, 0.15) is 12.7 Å². The fourth-order valence-electron chi connectivity index (χ4n) is 1.85. The third kappa shape index (κ3) is 15.0. The van der Waals surface area contributed by atoms with Gasteiger partial charge in [-0.25, -0.2) is 4.57 Å². The van der Waals surface area contributed by atoms with E-state index in [0.29, 0.717) is 12.8 Å². The average Bonchev–Trinajstić information content (AvgIpc) is 2.66. The fourth-order valence-corrected chi connectivity index (χ4v) is 2.64. The van der Waals surface area contributed by atoms with Gasteiger partial charge in [0.15, 0.2) is 6.10 Å². The molecule has 0 amide bonds. The van der Waals surface area contributed by atoms with E-state index in [2.05, 4.69) is 4.52 Å². The van der Waals surface area contributed by atoms with Gasteiger partial charge in [0.2, 0.25) is 0 Å². The standard InChI is InChI=1S/C17H32O10P/c1-3-5-7-9-16(20)24-12-15(27-17(21)8-6-4-2)13-26-28(22,23)25-11-14(19)10-18/h4,14-15,18-19H,3,5-13H2,1-2H3,(H,22,23)/q-1/t14-,15+/m0/s1. The van der Waals surface area contributed by atoms with E-state index < -0.39 is 51.8 Å². The molecular weight excluding hydrogens is 395 g/mol. The number of phosphoric acid groups is 1. The van der Waals surface area contributed by atoms with Gasteiger partial charge in [-0.15, -0.1) is 0 Å². The molecular formula is C17H32O10P-. The van der Waals surface area contributed by atoms with Crippen molar-refractivity contribution in [2.75, 3.05) is 26.4 Å². The number of hydrogen-bond acceptors (Lipinski definition) is 9. The summed E-state index contributed by atoms with van der Waals surface area (Å²) < 4.78 is 31.2. The van der Waals surface area contributed by atoms with E-state index in [1.807, 2.05) is 6.92 Å². The first kappa shape index (κ1) is 27.0. The van der Waals surface area contributed by atoms with E-state index in [-0.39, 0.29) is 19.4 Å².